The molecule has 0 aliphatic rings. The summed E-state index contributed by atoms with van der Waals surface area (Å²) in [5.41, 5.74) is 0.940. The first kappa shape index (κ1) is 15.2. The van der Waals surface area contributed by atoms with Crippen molar-refractivity contribution in [2.75, 3.05) is 0 Å². The molecule has 0 saturated carbocycles. The van der Waals surface area contributed by atoms with Crippen LogP contribution >= 0.6 is 11.6 Å². The van der Waals surface area contributed by atoms with E-state index in [1.54, 1.807) is 24.3 Å². The van der Waals surface area contributed by atoms with E-state index in [1.165, 1.54) is 12.1 Å². The fourth-order valence-corrected chi connectivity index (χ4v) is 1.64. The number of hydrogen-bond acceptors (Lipinski definition) is 1. The fraction of sp³-hybridized carbons (Fsp3) is 0.133. The third kappa shape index (κ3) is 3.80. The Morgan fingerprint density at radius 3 is 2.16 bits per heavy atom. The van der Waals surface area contributed by atoms with Crippen LogP contribution in [0.1, 0.15) is 24.2 Å². The molecule has 0 heterocycles. The van der Waals surface area contributed by atoms with Crippen molar-refractivity contribution in [1.82, 2.24) is 0 Å². The lowest BCUT2D eigenvalue weighted by Crippen LogP contribution is -1.97. The van der Waals surface area contributed by atoms with E-state index in [1.807, 2.05) is 13.8 Å². The summed E-state index contributed by atoms with van der Waals surface area (Å²) in [5.74, 6) is -1.71. The Balaban J connectivity index is 0.000000861. The van der Waals surface area contributed by atoms with Gasteiger partial charge in [0.2, 0.25) is 0 Å². The van der Waals surface area contributed by atoms with Crippen LogP contribution in [0.15, 0.2) is 42.5 Å². The van der Waals surface area contributed by atoms with E-state index in [9.17, 15) is 9.18 Å². The molecule has 2 aromatic rings. The predicted molar refractivity (Wildman–Crippen MR) is 75.2 cm³/mol. The molecule has 0 amide bonds. The van der Waals surface area contributed by atoms with Crippen molar-refractivity contribution in [1.29, 1.82) is 0 Å². The molecule has 0 atom stereocenters. The fourth-order valence-electron chi connectivity index (χ4n) is 1.51. The smallest absolute Gasteiger partial charge is 0.335 e. The first-order chi connectivity index (χ1) is 9.08. The highest BCUT2D eigenvalue weighted by atomic mass is 35.5. The minimum Gasteiger partial charge on any atom is -0.478 e. The van der Waals surface area contributed by atoms with Gasteiger partial charge in [-0.05, 0) is 29.8 Å². The molecule has 2 aromatic carbocycles. The molecule has 0 radical (unpaired) electrons. The number of rotatable bonds is 2. The summed E-state index contributed by atoms with van der Waals surface area (Å²) < 4.78 is 13.7. The van der Waals surface area contributed by atoms with Crippen molar-refractivity contribution in [3.8, 4) is 11.1 Å². The molecule has 0 spiro atoms. The van der Waals surface area contributed by atoms with Gasteiger partial charge in [0, 0.05) is 10.6 Å². The second kappa shape index (κ2) is 6.90. The Bertz CT molecular complexity index is 565. The largest absolute Gasteiger partial charge is 0.478 e. The Hall–Kier alpha value is -1.87. The zero-order valence-electron chi connectivity index (χ0n) is 10.7. The number of hydrogen-bond donors (Lipinski definition) is 1. The third-order valence-electron chi connectivity index (χ3n) is 2.37. The van der Waals surface area contributed by atoms with Crippen molar-refractivity contribution in [2.45, 2.75) is 13.8 Å². The molecule has 2 nitrogen and oxygen atoms in total. The molecule has 2 rings (SSSR count). The summed E-state index contributed by atoms with van der Waals surface area (Å²) in [4.78, 5) is 10.7. The molecule has 19 heavy (non-hydrogen) atoms. The van der Waals surface area contributed by atoms with Gasteiger partial charge < -0.3 is 5.11 Å². The van der Waals surface area contributed by atoms with Crippen molar-refractivity contribution in [3.05, 3.63) is 58.9 Å². The van der Waals surface area contributed by atoms with Gasteiger partial charge >= 0.3 is 5.97 Å². The normalized spacial score (nSPS) is 9.47. The average molecular weight is 281 g/mol. The first-order valence-corrected chi connectivity index (χ1v) is 6.24. The summed E-state index contributed by atoms with van der Waals surface area (Å²) in [6, 6.07) is 10.5. The number of aromatic carboxylic acids is 1. The summed E-state index contributed by atoms with van der Waals surface area (Å²) in [7, 11) is 0. The van der Waals surface area contributed by atoms with Crippen LogP contribution in [-0.4, -0.2) is 11.1 Å². The average Bonchev–Trinajstić information content (AvgIpc) is 2.42. The Labute approximate surface area is 116 Å². The lowest BCUT2D eigenvalue weighted by atomic mass is 10.0. The minimum atomic E-state index is -1.15. The van der Waals surface area contributed by atoms with Gasteiger partial charge in [-0.25, -0.2) is 9.18 Å². The minimum absolute atomic E-state index is 0.0692. The van der Waals surface area contributed by atoms with Gasteiger partial charge in [-0.15, -0.1) is 0 Å². The van der Waals surface area contributed by atoms with Crippen LogP contribution in [0.25, 0.3) is 11.1 Å². The quantitative estimate of drug-likeness (QED) is 0.852. The van der Waals surface area contributed by atoms with Crippen molar-refractivity contribution < 1.29 is 14.3 Å². The Kier molecular flexibility index (Phi) is 5.52. The van der Waals surface area contributed by atoms with E-state index in [2.05, 4.69) is 0 Å². The molecule has 0 bridgehead atoms. The number of benzene rings is 2. The Morgan fingerprint density at radius 2 is 1.68 bits per heavy atom. The summed E-state index contributed by atoms with van der Waals surface area (Å²) in [6.45, 7) is 4.00. The van der Waals surface area contributed by atoms with Crippen LogP contribution < -0.4 is 0 Å². The van der Waals surface area contributed by atoms with Crippen LogP contribution in [0, 0.1) is 5.82 Å². The van der Waals surface area contributed by atoms with Gasteiger partial charge in [0.05, 0.1) is 5.56 Å². The third-order valence-corrected chi connectivity index (χ3v) is 2.62. The topological polar surface area (TPSA) is 37.3 Å². The first-order valence-electron chi connectivity index (χ1n) is 5.87. The van der Waals surface area contributed by atoms with Gasteiger partial charge in [0.15, 0.2) is 0 Å². The van der Waals surface area contributed by atoms with Gasteiger partial charge in [-0.1, -0.05) is 43.6 Å². The molecule has 0 fully saturated rings. The maximum Gasteiger partial charge on any atom is 0.335 e. The number of carbonyl (C=O) groups is 1. The molecule has 100 valence electrons. The highest BCUT2D eigenvalue weighted by Crippen LogP contribution is 2.25. The van der Waals surface area contributed by atoms with E-state index in [4.69, 9.17) is 16.7 Å². The molecule has 1 N–H and O–H groups in total. The van der Waals surface area contributed by atoms with Gasteiger partial charge in [-0.3, -0.25) is 0 Å². The predicted octanol–water partition coefficient (Wildman–Crippen LogP) is 4.87. The number of halogens is 2. The van der Waals surface area contributed by atoms with Gasteiger partial charge in [0.25, 0.3) is 0 Å². The molecule has 0 saturated heterocycles. The molecule has 0 aliphatic heterocycles. The van der Waals surface area contributed by atoms with Gasteiger partial charge in [-0.2, -0.15) is 0 Å². The molecule has 4 heteroatoms. The Morgan fingerprint density at radius 1 is 1.11 bits per heavy atom. The maximum absolute atomic E-state index is 13.7. The van der Waals surface area contributed by atoms with E-state index in [-0.39, 0.29) is 5.56 Å². The second-order valence-corrected chi connectivity index (χ2v) is 3.94. The molecular weight excluding hydrogens is 267 g/mol. The summed E-state index contributed by atoms with van der Waals surface area (Å²) in [6.07, 6.45) is 0. The monoisotopic (exact) mass is 280 g/mol. The zero-order valence-corrected chi connectivity index (χ0v) is 11.4. The summed E-state index contributed by atoms with van der Waals surface area (Å²) in [5, 5.41) is 9.29. The molecule has 0 aromatic heterocycles. The lowest BCUT2D eigenvalue weighted by Gasteiger charge is -2.04. The van der Waals surface area contributed by atoms with Crippen molar-refractivity contribution >= 4 is 17.6 Å². The number of carboxylic acids is 1. The van der Waals surface area contributed by atoms with Gasteiger partial charge in [0.1, 0.15) is 5.82 Å². The second-order valence-electron chi connectivity index (χ2n) is 3.51. The SMILES string of the molecule is CC.O=C(O)c1ccc(-c2ccc(Cl)cc2)c(F)c1. The van der Waals surface area contributed by atoms with E-state index in [0.717, 1.165) is 6.07 Å². The molecule has 0 aliphatic carbocycles. The number of carboxylic acid groups (broad SMARTS) is 1. The van der Waals surface area contributed by atoms with Crippen molar-refractivity contribution in [3.63, 3.8) is 0 Å². The summed E-state index contributed by atoms with van der Waals surface area (Å²) >= 11 is 5.73. The molecular formula is C15H14ClFO2. The van der Waals surface area contributed by atoms with E-state index >= 15 is 0 Å². The van der Waals surface area contributed by atoms with Crippen LogP contribution in [0.2, 0.25) is 5.02 Å². The van der Waals surface area contributed by atoms with E-state index in [0.29, 0.717) is 16.1 Å². The van der Waals surface area contributed by atoms with E-state index < -0.39 is 11.8 Å². The standard InChI is InChI=1S/C13H8ClFO2.C2H6/c14-10-4-1-8(2-5-10)11-6-3-9(13(16)17)7-12(11)15;1-2/h1-7H,(H,16,17);1-2H3. The lowest BCUT2D eigenvalue weighted by molar-refractivity contribution is 0.0696. The van der Waals surface area contributed by atoms with Crippen LogP contribution in [0.5, 0.6) is 0 Å². The molecule has 0 unspecified atom stereocenters. The maximum atomic E-state index is 13.7. The van der Waals surface area contributed by atoms with Crippen LogP contribution in [0.4, 0.5) is 4.39 Å². The highest BCUT2D eigenvalue weighted by Gasteiger charge is 2.09. The van der Waals surface area contributed by atoms with Crippen LogP contribution in [0.3, 0.4) is 0 Å². The van der Waals surface area contributed by atoms with Crippen LogP contribution in [-0.2, 0) is 0 Å². The zero-order chi connectivity index (χ0) is 14.4. The van der Waals surface area contributed by atoms with Crippen molar-refractivity contribution in [2.24, 2.45) is 0 Å². The highest BCUT2D eigenvalue weighted by molar-refractivity contribution is 6.30.